The lowest BCUT2D eigenvalue weighted by Gasteiger charge is -2.24. The molecule has 2 aromatic carbocycles. The molecule has 1 aliphatic heterocycles. The number of hydrogen-bond donors (Lipinski definition) is 1. The van der Waals surface area contributed by atoms with Gasteiger partial charge in [-0.3, -0.25) is 14.5 Å². The number of hydrogen-bond acceptors (Lipinski definition) is 5. The Balaban J connectivity index is 1.83. The highest BCUT2D eigenvalue weighted by Gasteiger charge is 2.47. The number of aliphatic hydroxyl groups is 1. The molecule has 0 bridgehead atoms. The second-order valence-corrected chi connectivity index (χ2v) is 8.91. The first-order chi connectivity index (χ1) is 15.4. The van der Waals surface area contributed by atoms with E-state index in [2.05, 4.69) is 0 Å². The van der Waals surface area contributed by atoms with Gasteiger partial charge >= 0.3 is 0 Å². The minimum absolute atomic E-state index is 0.0639. The molecule has 4 rings (SSSR count). The molecule has 32 heavy (non-hydrogen) atoms. The number of ether oxygens (including phenoxy) is 1. The number of benzene rings is 2. The second kappa shape index (κ2) is 9.18. The third-order valence-electron chi connectivity index (χ3n) is 5.27. The van der Waals surface area contributed by atoms with Gasteiger partial charge in [0.25, 0.3) is 11.7 Å². The Bertz CT molecular complexity index is 1190. The summed E-state index contributed by atoms with van der Waals surface area (Å²) in [6, 6.07) is 14.9. The van der Waals surface area contributed by atoms with E-state index in [0.717, 1.165) is 22.6 Å². The predicted molar refractivity (Wildman–Crippen MR) is 128 cm³/mol. The van der Waals surface area contributed by atoms with Gasteiger partial charge in [0.15, 0.2) is 0 Å². The Morgan fingerprint density at radius 3 is 2.53 bits per heavy atom. The van der Waals surface area contributed by atoms with E-state index >= 15 is 0 Å². The number of thiophene rings is 1. The monoisotopic (exact) mass is 467 g/mol. The summed E-state index contributed by atoms with van der Waals surface area (Å²) >= 11 is 7.43. The molecular formula is C25H22ClNO4S. The normalized spacial score (nSPS) is 17.7. The van der Waals surface area contributed by atoms with Gasteiger partial charge < -0.3 is 9.84 Å². The van der Waals surface area contributed by atoms with Crippen molar-refractivity contribution in [3.8, 4) is 5.75 Å². The molecule has 0 radical (unpaired) electrons. The molecule has 0 saturated carbocycles. The van der Waals surface area contributed by atoms with Gasteiger partial charge in [-0.05, 0) is 72.8 Å². The fourth-order valence-corrected chi connectivity index (χ4v) is 4.69. The maximum atomic E-state index is 13.1. The van der Waals surface area contributed by atoms with Crippen LogP contribution in [0, 0.1) is 6.92 Å². The van der Waals surface area contributed by atoms with Crippen LogP contribution in [0.15, 0.2) is 65.6 Å². The number of nitrogens with zero attached hydrogens (tertiary/aromatic N) is 1. The van der Waals surface area contributed by atoms with Crippen LogP contribution in [0.4, 0.5) is 5.69 Å². The van der Waals surface area contributed by atoms with Crippen molar-refractivity contribution >= 4 is 46.1 Å². The van der Waals surface area contributed by atoms with E-state index in [1.165, 1.54) is 16.2 Å². The van der Waals surface area contributed by atoms with Crippen molar-refractivity contribution in [1.29, 1.82) is 0 Å². The SMILES string of the molecule is CCCOc1ccc(/C(O)=C2/C(=O)C(=O)N(c3ccc(Cl)cc3)C2c2cccs2)cc1C. The Kier molecular flexibility index (Phi) is 6.35. The van der Waals surface area contributed by atoms with Crippen LogP contribution in [0.5, 0.6) is 5.75 Å². The zero-order valence-electron chi connectivity index (χ0n) is 17.7. The van der Waals surface area contributed by atoms with Crippen LogP contribution in [0.3, 0.4) is 0 Å². The van der Waals surface area contributed by atoms with E-state index in [4.69, 9.17) is 16.3 Å². The average molecular weight is 468 g/mol. The van der Waals surface area contributed by atoms with Gasteiger partial charge in [0.1, 0.15) is 17.6 Å². The summed E-state index contributed by atoms with van der Waals surface area (Å²) in [5.41, 5.74) is 1.89. The zero-order valence-corrected chi connectivity index (χ0v) is 19.2. The van der Waals surface area contributed by atoms with Crippen molar-refractivity contribution < 1.29 is 19.4 Å². The van der Waals surface area contributed by atoms with Gasteiger partial charge in [-0.2, -0.15) is 0 Å². The molecule has 1 N–H and O–H groups in total. The molecule has 0 spiro atoms. The molecule has 5 nitrogen and oxygen atoms in total. The van der Waals surface area contributed by atoms with Crippen molar-refractivity contribution in [2.45, 2.75) is 26.3 Å². The largest absolute Gasteiger partial charge is 0.507 e. The van der Waals surface area contributed by atoms with E-state index in [-0.39, 0.29) is 11.3 Å². The Morgan fingerprint density at radius 1 is 1.16 bits per heavy atom. The fourth-order valence-electron chi connectivity index (χ4n) is 3.74. The van der Waals surface area contributed by atoms with Crippen molar-refractivity contribution in [2.24, 2.45) is 0 Å². The number of aryl methyl sites for hydroxylation is 1. The maximum Gasteiger partial charge on any atom is 0.300 e. The molecule has 1 fully saturated rings. The smallest absolute Gasteiger partial charge is 0.300 e. The first-order valence-electron chi connectivity index (χ1n) is 10.3. The van der Waals surface area contributed by atoms with Gasteiger partial charge in [0.2, 0.25) is 0 Å². The highest BCUT2D eigenvalue weighted by Crippen LogP contribution is 2.44. The van der Waals surface area contributed by atoms with Crippen LogP contribution in [0.25, 0.3) is 5.76 Å². The number of aliphatic hydroxyl groups excluding tert-OH is 1. The highest BCUT2D eigenvalue weighted by molar-refractivity contribution is 7.10. The van der Waals surface area contributed by atoms with Crippen LogP contribution in [0.1, 0.15) is 35.4 Å². The molecule has 3 aromatic rings. The molecule has 0 aliphatic carbocycles. The summed E-state index contributed by atoms with van der Waals surface area (Å²) in [6.45, 7) is 4.50. The number of carbonyl (C=O) groups excluding carboxylic acids is 2. The minimum Gasteiger partial charge on any atom is -0.507 e. The summed E-state index contributed by atoms with van der Waals surface area (Å²) in [5, 5.41) is 13.6. The van der Waals surface area contributed by atoms with Gasteiger partial charge in [-0.25, -0.2) is 0 Å². The summed E-state index contributed by atoms with van der Waals surface area (Å²) in [6.07, 6.45) is 0.885. The number of anilines is 1. The molecule has 1 amide bonds. The molecule has 164 valence electrons. The third-order valence-corrected chi connectivity index (χ3v) is 6.45. The summed E-state index contributed by atoms with van der Waals surface area (Å²) in [5.74, 6) is -0.894. The Morgan fingerprint density at radius 2 is 1.91 bits per heavy atom. The molecule has 1 atom stereocenters. The lowest BCUT2D eigenvalue weighted by Crippen LogP contribution is -2.29. The summed E-state index contributed by atoms with van der Waals surface area (Å²) in [4.78, 5) is 28.4. The topological polar surface area (TPSA) is 66.8 Å². The lowest BCUT2D eigenvalue weighted by atomic mass is 9.98. The average Bonchev–Trinajstić information content (AvgIpc) is 3.40. The fraction of sp³-hybridized carbons (Fsp3) is 0.200. The number of amides is 1. The quantitative estimate of drug-likeness (QED) is 0.269. The molecular weight excluding hydrogens is 446 g/mol. The molecule has 1 saturated heterocycles. The Labute approximate surface area is 195 Å². The van der Waals surface area contributed by atoms with Gasteiger partial charge in [0, 0.05) is 21.2 Å². The number of Topliss-reactive ketones (excluding diaryl/α,β-unsaturated/α-hetero) is 1. The Hall–Kier alpha value is -3.09. The first-order valence-corrected chi connectivity index (χ1v) is 11.5. The van der Waals surface area contributed by atoms with E-state index in [9.17, 15) is 14.7 Å². The second-order valence-electron chi connectivity index (χ2n) is 7.49. The first kappa shape index (κ1) is 22.1. The van der Waals surface area contributed by atoms with Crippen molar-refractivity contribution in [2.75, 3.05) is 11.5 Å². The zero-order chi connectivity index (χ0) is 22.8. The van der Waals surface area contributed by atoms with E-state index in [1.807, 2.05) is 31.4 Å². The third kappa shape index (κ3) is 4.04. The number of halogens is 1. The number of ketones is 1. The molecule has 7 heteroatoms. The lowest BCUT2D eigenvalue weighted by molar-refractivity contribution is -0.132. The predicted octanol–water partition coefficient (Wildman–Crippen LogP) is 6.13. The van der Waals surface area contributed by atoms with Crippen molar-refractivity contribution in [3.05, 3.63) is 86.6 Å². The van der Waals surface area contributed by atoms with E-state index in [1.54, 1.807) is 42.5 Å². The summed E-state index contributed by atoms with van der Waals surface area (Å²) in [7, 11) is 0. The van der Waals surface area contributed by atoms with Gasteiger partial charge in [-0.15, -0.1) is 11.3 Å². The summed E-state index contributed by atoms with van der Waals surface area (Å²) < 4.78 is 5.71. The van der Waals surface area contributed by atoms with Crippen LogP contribution in [-0.2, 0) is 9.59 Å². The standard InChI is InChI=1S/C25H22ClNO4S/c1-3-12-31-19-11-6-16(14-15(19)2)23(28)21-22(20-5-4-13-32-20)27(25(30)24(21)29)18-9-7-17(26)8-10-18/h4-11,13-14,22,28H,3,12H2,1-2H3/b23-21-. The van der Waals surface area contributed by atoms with Gasteiger partial charge in [0.05, 0.1) is 12.2 Å². The van der Waals surface area contributed by atoms with Crippen molar-refractivity contribution in [3.63, 3.8) is 0 Å². The number of carbonyl (C=O) groups is 2. The van der Waals surface area contributed by atoms with Gasteiger partial charge in [-0.1, -0.05) is 24.6 Å². The minimum atomic E-state index is -0.729. The van der Waals surface area contributed by atoms with Crippen LogP contribution in [-0.4, -0.2) is 23.4 Å². The maximum absolute atomic E-state index is 13.1. The van der Waals surface area contributed by atoms with Crippen LogP contribution in [0.2, 0.25) is 5.02 Å². The highest BCUT2D eigenvalue weighted by atomic mass is 35.5. The van der Waals surface area contributed by atoms with Crippen LogP contribution < -0.4 is 9.64 Å². The van der Waals surface area contributed by atoms with E-state index in [0.29, 0.717) is 22.9 Å². The van der Waals surface area contributed by atoms with E-state index < -0.39 is 17.7 Å². The molecule has 1 aromatic heterocycles. The number of rotatable bonds is 6. The molecule has 1 unspecified atom stereocenters. The van der Waals surface area contributed by atoms with Crippen molar-refractivity contribution in [1.82, 2.24) is 0 Å². The van der Waals surface area contributed by atoms with Crippen LogP contribution >= 0.6 is 22.9 Å². The molecule has 1 aliphatic rings. The molecule has 2 heterocycles.